The molecule has 0 N–H and O–H groups in total. The summed E-state index contributed by atoms with van der Waals surface area (Å²) in [7, 11) is 0. The molecule has 2 rings (SSSR count). The van der Waals surface area contributed by atoms with Crippen LogP contribution < -0.4 is 0 Å². The molecule has 0 unspecified atom stereocenters. The number of fused-ring (bicyclic) bond motifs is 1. The van der Waals surface area contributed by atoms with Crippen LogP contribution in [0.2, 0.25) is 0 Å². The van der Waals surface area contributed by atoms with Crippen molar-refractivity contribution in [2.75, 3.05) is 0 Å². The summed E-state index contributed by atoms with van der Waals surface area (Å²) in [4.78, 5) is 3.67. The minimum absolute atomic E-state index is 0.0553. The summed E-state index contributed by atoms with van der Waals surface area (Å²) in [6.07, 6.45) is 1.20. The number of aromatic nitrogens is 3. The number of hydrogen-bond acceptors (Lipinski definition) is 3. The molecule has 13 heavy (non-hydrogen) atoms. The van der Waals surface area contributed by atoms with E-state index in [1.807, 2.05) is 6.07 Å². The Morgan fingerprint density at radius 3 is 3.08 bits per heavy atom. The zero-order valence-electron chi connectivity index (χ0n) is 6.20. The second-order valence-electron chi connectivity index (χ2n) is 2.30. The highest BCUT2D eigenvalue weighted by Gasteiger charge is 2.11. The summed E-state index contributed by atoms with van der Waals surface area (Å²) >= 11 is 3.06. The lowest BCUT2D eigenvalue weighted by molar-refractivity contribution is 0.625. The van der Waals surface area contributed by atoms with Crippen molar-refractivity contribution in [3.05, 3.63) is 28.4 Å². The number of rotatable bonds is 0. The van der Waals surface area contributed by atoms with Crippen molar-refractivity contribution in [2.24, 2.45) is 0 Å². The molecule has 4 nitrogen and oxygen atoms in total. The van der Waals surface area contributed by atoms with Crippen LogP contribution >= 0.6 is 15.9 Å². The van der Waals surface area contributed by atoms with Crippen molar-refractivity contribution in [2.45, 2.75) is 0 Å². The van der Waals surface area contributed by atoms with Gasteiger partial charge in [-0.3, -0.25) is 0 Å². The first-order chi connectivity index (χ1) is 6.24. The molecule has 2 aromatic rings. The van der Waals surface area contributed by atoms with Gasteiger partial charge in [0.1, 0.15) is 12.4 Å². The molecule has 0 radical (unpaired) electrons. The van der Waals surface area contributed by atoms with Gasteiger partial charge in [-0.25, -0.2) is 9.37 Å². The largest absolute Gasteiger partial charge is 0.212 e. The lowest BCUT2D eigenvalue weighted by Gasteiger charge is -1.98. The van der Waals surface area contributed by atoms with Crippen molar-refractivity contribution < 1.29 is 4.39 Å². The molecule has 0 aromatic carbocycles. The van der Waals surface area contributed by atoms with Gasteiger partial charge < -0.3 is 0 Å². The summed E-state index contributed by atoms with van der Waals surface area (Å²) in [5, 5.41) is 12.5. The number of nitriles is 1. The monoisotopic (exact) mass is 240 g/mol. The van der Waals surface area contributed by atoms with E-state index in [-0.39, 0.29) is 11.3 Å². The molecule has 0 spiro atoms. The fourth-order valence-electron chi connectivity index (χ4n) is 1.01. The second-order valence-corrected chi connectivity index (χ2v) is 3.15. The van der Waals surface area contributed by atoms with Crippen LogP contribution in [0.25, 0.3) is 5.65 Å². The third kappa shape index (κ3) is 1.09. The van der Waals surface area contributed by atoms with E-state index in [2.05, 4.69) is 26.0 Å². The van der Waals surface area contributed by atoms with Gasteiger partial charge in [-0.2, -0.15) is 14.9 Å². The van der Waals surface area contributed by atoms with Gasteiger partial charge in [-0.15, -0.1) is 0 Å². The first-order valence-corrected chi connectivity index (χ1v) is 4.11. The van der Waals surface area contributed by atoms with Gasteiger partial charge >= 0.3 is 0 Å². The first-order valence-electron chi connectivity index (χ1n) is 3.32. The quantitative estimate of drug-likeness (QED) is 0.702. The SMILES string of the molecule is N#Cc1c(Br)cc(F)c2ncnn12. The van der Waals surface area contributed by atoms with Crippen molar-refractivity contribution in [1.82, 2.24) is 14.6 Å². The Kier molecular flexibility index (Phi) is 1.74. The van der Waals surface area contributed by atoms with Crippen LogP contribution in [0.5, 0.6) is 0 Å². The molecule has 0 aliphatic carbocycles. The number of pyridine rings is 1. The van der Waals surface area contributed by atoms with Gasteiger partial charge in [0.15, 0.2) is 17.2 Å². The van der Waals surface area contributed by atoms with Gasteiger partial charge in [0.05, 0.1) is 4.47 Å². The van der Waals surface area contributed by atoms with E-state index in [1.165, 1.54) is 12.4 Å². The summed E-state index contributed by atoms with van der Waals surface area (Å²) in [5.41, 5.74) is 0.286. The van der Waals surface area contributed by atoms with Crippen LogP contribution in [0.4, 0.5) is 4.39 Å². The Labute approximate surface area is 80.7 Å². The molecule has 0 amide bonds. The van der Waals surface area contributed by atoms with E-state index in [0.29, 0.717) is 4.47 Å². The van der Waals surface area contributed by atoms with Crippen molar-refractivity contribution in [1.29, 1.82) is 5.26 Å². The van der Waals surface area contributed by atoms with Crippen LogP contribution in [-0.4, -0.2) is 14.6 Å². The number of nitrogens with zero attached hydrogens (tertiary/aromatic N) is 4. The lowest BCUT2D eigenvalue weighted by Crippen LogP contribution is -1.98. The topological polar surface area (TPSA) is 54.0 Å². The predicted octanol–water partition coefficient (Wildman–Crippen LogP) is 1.50. The maximum absolute atomic E-state index is 13.1. The normalized spacial score (nSPS) is 10.2. The molecular weight excluding hydrogens is 239 g/mol. The molecule has 0 bridgehead atoms. The molecule has 0 saturated carbocycles. The van der Waals surface area contributed by atoms with E-state index in [9.17, 15) is 4.39 Å². The first kappa shape index (κ1) is 8.13. The molecule has 6 heteroatoms. The Morgan fingerprint density at radius 1 is 1.62 bits per heavy atom. The van der Waals surface area contributed by atoms with Crippen LogP contribution in [0.1, 0.15) is 5.69 Å². The molecule has 2 heterocycles. The van der Waals surface area contributed by atoms with E-state index in [4.69, 9.17) is 5.26 Å². The molecule has 0 fully saturated rings. The highest BCUT2D eigenvalue weighted by Crippen LogP contribution is 2.19. The summed E-state index contributed by atoms with van der Waals surface area (Å²) in [5.74, 6) is -0.511. The van der Waals surface area contributed by atoms with Gasteiger partial charge in [0, 0.05) is 0 Å². The van der Waals surface area contributed by atoms with E-state index < -0.39 is 5.82 Å². The molecule has 0 saturated heterocycles. The Morgan fingerprint density at radius 2 is 2.38 bits per heavy atom. The number of hydrogen-bond donors (Lipinski definition) is 0. The fraction of sp³-hybridized carbons (Fsp3) is 0. The number of halogens is 2. The maximum Gasteiger partial charge on any atom is 0.192 e. The van der Waals surface area contributed by atoms with E-state index in [0.717, 1.165) is 4.52 Å². The van der Waals surface area contributed by atoms with E-state index in [1.54, 1.807) is 0 Å². The summed E-state index contributed by atoms with van der Waals surface area (Å²) in [6, 6.07) is 3.10. The van der Waals surface area contributed by atoms with Crippen LogP contribution in [0.3, 0.4) is 0 Å². The minimum Gasteiger partial charge on any atom is -0.212 e. The summed E-state index contributed by atoms with van der Waals surface area (Å²) in [6.45, 7) is 0. The third-order valence-electron chi connectivity index (χ3n) is 1.56. The maximum atomic E-state index is 13.1. The molecule has 64 valence electrons. The molecule has 2 aromatic heterocycles. The minimum atomic E-state index is -0.511. The van der Waals surface area contributed by atoms with Gasteiger partial charge in [-0.1, -0.05) is 0 Å². The second kappa shape index (κ2) is 2.78. The highest BCUT2D eigenvalue weighted by atomic mass is 79.9. The molecule has 0 aliphatic rings. The van der Waals surface area contributed by atoms with Gasteiger partial charge in [0.2, 0.25) is 0 Å². The summed E-state index contributed by atoms with van der Waals surface area (Å²) < 4.78 is 14.7. The zero-order chi connectivity index (χ0) is 9.42. The average Bonchev–Trinajstić information content (AvgIpc) is 2.53. The van der Waals surface area contributed by atoms with Gasteiger partial charge in [0.25, 0.3) is 0 Å². The lowest BCUT2D eigenvalue weighted by atomic mass is 10.3. The predicted molar refractivity (Wildman–Crippen MR) is 45.4 cm³/mol. The highest BCUT2D eigenvalue weighted by molar-refractivity contribution is 9.10. The standard InChI is InChI=1S/C7H2BrFN4/c8-4-1-5(9)7-11-3-12-13(7)6(4)2-10/h1,3H. The van der Waals surface area contributed by atoms with Crippen molar-refractivity contribution in [3.63, 3.8) is 0 Å². The molecule has 0 aliphatic heterocycles. The van der Waals surface area contributed by atoms with E-state index >= 15 is 0 Å². The smallest absolute Gasteiger partial charge is 0.192 e. The Bertz CT molecular complexity index is 513. The van der Waals surface area contributed by atoms with Crippen LogP contribution in [0.15, 0.2) is 16.9 Å². The zero-order valence-corrected chi connectivity index (χ0v) is 7.79. The molecular formula is C7H2BrFN4. The fourth-order valence-corrected chi connectivity index (χ4v) is 1.47. The van der Waals surface area contributed by atoms with Gasteiger partial charge in [-0.05, 0) is 22.0 Å². The Balaban J connectivity index is 2.99. The average molecular weight is 241 g/mol. The van der Waals surface area contributed by atoms with Crippen LogP contribution in [0, 0.1) is 17.1 Å². The third-order valence-corrected chi connectivity index (χ3v) is 2.16. The molecule has 0 atom stereocenters. The van der Waals surface area contributed by atoms with Crippen molar-refractivity contribution in [3.8, 4) is 6.07 Å². The van der Waals surface area contributed by atoms with Crippen LogP contribution in [-0.2, 0) is 0 Å². The van der Waals surface area contributed by atoms with Crippen molar-refractivity contribution >= 4 is 21.6 Å². The Hall–Kier alpha value is -1.48.